The number of hydrogen-bond acceptors (Lipinski definition) is 6. The maximum atomic E-state index is 13.3. The average molecular weight is 475 g/mol. The Bertz CT molecular complexity index is 1080. The lowest BCUT2D eigenvalue weighted by molar-refractivity contribution is -0.142. The summed E-state index contributed by atoms with van der Waals surface area (Å²) in [6.45, 7) is -0.849. The van der Waals surface area contributed by atoms with Gasteiger partial charge in [0, 0.05) is 43.9 Å². The third-order valence-corrected chi connectivity index (χ3v) is 5.89. The largest absolute Gasteiger partial charge is 0.491 e. The van der Waals surface area contributed by atoms with Crippen LogP contribution in [0.3, 0.4) is 0 Å². The first kappa shape index (κ1) is 23.7. The first-order chi connectivity index (χ1) is 16.3. The first-order valence-corrected chi connectivity index (χ1v) is 10.8. The van der Waals surface area contributed by atoms with Gasteiger partial charge in [0.05, 0.1) is 5.71 Å². The number of aromatic nitrogens is 1. The fraction of sp³-hybridized carbons (Fsp3) is 0.391. The molecule has 0 spiro atoms. The number of fused-ring (bicyclic) bond motifs is 1. The van der Waals surface area contributed by atoms with Gasteiger partial charge in [0.2, 0.25) is 5.91 Å². The van der Waals surface area contributed by atoms with Crippen LogP contribution in [0.2, 0.25) is 0 Å². The second-order valence-electron chi connectivity index (χ2n) is 8.29. The van der Waals surface area contributed by atoms with Crippen LogP contribution in [0, 0.1) is 11.2 Å². The predicted octanol–water partition coefficient (Wildman–Crippen LogP) is 1.85. The number of nitrogens with zero attached hydrogens (tertiary/aromatic N) is 4. The second-order valence-corrected chi connectivity index (χ2v) is 8.29. The summed E-state index contributed by atoms with van der Waals surface area (Å²) in [5.74, 6) is -1.30. The van der Waals surface area contributed by atoms with Crippen LogP contribution >= 0.6 is 0 Å². The maximum Gasteiger partial charge on any atom is 0.258 e. The number of nitrogens with two attached hydrogens (primary N) is 1. The number of rotatable bonds is 8. The van der Waals surface area contributed by atoms with Crippen LogP contribution in [0.1, 0.15) is 12.1 Å². The van der Waals surface area contributed by atoms with E-state index in [0.29, 0.717) is 11.4 Å². The Balaban J connectivity index is 1.52. The number of ether oxygens (including phenoxy) is 1. The summed E-state index contributed by atoms with van der Waals surface area (Å²) in [6, 6.07) is 9.61. The monoisotopic (exact) mass is 475 g/mol. The Morgan fingerprint density at radius 2 is 2.06 bits per heavy atom. The highest BCUT2D eigenvalue weighted by molar-refractivity contribution is 6.13. The van der Waals surface area contributed by atoms with E-state index in [-0.39, 0.29) is 38.3 Å². The number of benzene rings is 1. The molecule has 1 aromatic heterocycles. The van der Waals surface area contributed by atoms with Crippen molar-refractivity contribution in [1.29, 1.82) is 0 Å². The van der Waals surface area contributed by atoms with Gasteiger partial charge in [0.1, 0.15) is 36.2 Å². The number of halogens is 3. The molecule has 0 unspecified atom stereocenters. The van der Waals surface area contributed by atoms with Crippen LogP contribution in [0.4, 0.5) is 13.2 Å². The van der Waals surface area contributed by atoms with Crippen molar-refractivity contribution in [2.75, 3.05) is 26.2 Å². The molecule has 0 aliphatic carbocycles. The topological polar surface area (TPSA) is 101 Å². The molecular formula is C23H24F3N5O3. The third-order valence-electron chi connectivity index (χ3n) is 5.89. The van der Waals surface area contributed by atoms with Crippen molar-refractivity contribution in [2.45, 2.75) is 25.3 Å². The van der Waals surface area contributed by atoms with Gasteiger partial charge in [-0.25, -0.2) is 18.2 Å². The number of pyridine rings is 1. The summed E-state index contributed by atoms with van der Waals surface area (Å²) < 4.78 is 44.9. The lowest BCUT2D eigenvalue weighted by atomic mass is 9.74. The van der Waals surface area contributed by atoms with E-state index in [1.165, 1.54) is 23.1 Å². The van der Waals surface area contributed by atoms with Crippen LogP contribution in [0.5, 0.6) is 5.75 Å². The van der Waals surface area contributed by atoms with Crippen LogP contribution in [0.25, 0.3) is 0 Å². The number of hydrogen-bond donors (Lipinski definition) is 1. The molecule has 2 N–H and O–H groups in total. The minimum absolute atomic E-state index is 0.0620. The molecule has 34 heavy (non-hydrogen) atoms. The van der Waals surface area contributed by atoms with E-state index in [1.54, 1.807) is 30.5 Å². The Morgan fingerprint density at radius 1 is 1.24 bits per heavy atom. The Labute approximate surface area is 194 Å². The maximum absolute atomic E-state index is 13.3. The molecule has 3 heterocycles. The fourth-order valence-electron chi connectivity index (χ4n) is 4.29. The number of carbonyl (C=O) groups excluding carboxylic acids is 2. The zero-order valence-electron chi connectivity index (χ0n) is 18.2. The molecule has 2 amide bonds. The quantitative estimate of drug-likeness (QED) is 0.628. The molecule has 2 atom stereocenters. The van der Waals surface area contributed by atoms with Crippen molar-refractivity contribution >= 4 is 17.5 Å². The van der Waals surface area contributed by atoms with Crippen LogP contribution in [0.15, 0.2) is 53.8 Å². The standard InChI is InChI=1S/C23H24F3N5O3/c24-15-4-3-6-17(10-15)34-13-18(27)21(32)30-9-7-19-23(14-30,11-16-5-1-2-8-28-16)22(33)31(29-19)12-20(25)26/h1-6,8,10,18,20H,7,9,11-14,27H2/t18-,23-/m1/s1. The van der Waals surface area contributed by atoms with Crippen LogP contribution in [-0.4, -0.2) is 71.1 Å². The second kappa shape index (κ2) is 9.80. The van der Waals surface area contributed by atoms with Gasteiger partial charge in [0.15, 0.2) is 0 Å². The van der Waals surface area contributed by atoms with Crippen LogP contribution < -0.4 is 10.5 Å². The molecule has 0 radical (unpaired) electrons. The highest BCUT2D eigenvalue weighted by Crippen LogP contribution is 2.38. The zero-order valence-corrected chi connectivity index (χ0v) is 18.2. The molecule has 11 heteroatoms. The number of amides is 2. The molecule has 180 valence electrons. The van der Waals surface area contributed by atoms with Gasteiger partial charge in [-0.3, -0.25) is 14.6 Å². The highest BCUT2D eigenvalue weighted by Gasteiger charge is 2.55. The first-order valence-electron chi connectivity index (χ1n) is 10.8. The van der Waals surface area contributed by atoms with Crippen LogP contribution in [-0.2, 0) is 16.0 Å². The summed E-state index contributed by atoms with van der Waals surface area (Å²) >= 11 is 0. The minimum Gasteiger partial charge on any atom is -0.491 e. The number of likely N-dealkylation sites (tertiary alicyclic amines) is 1. The Morgan fingerprint density at radius 3 is 2.76 bits per heavy atom. The molecule has 1 aromatic carbocycles. The van der Waals surface area contributed by atoms with Crippen molar-refractivity contribution in [3.8, 4) is 5.75 Å². The smallest absolute Gasteiger partial charge is 0.258 e. The van der Waals surface area contributed by atoms with Crippen molar-refractivity contribution in [3.05, 3.63) is 60.2 Å². The lowest BCUT2D eigenvalue weighted by Gasteiger charge is -2.40. The molecule has 2 aliphatic rings. The van der Waals surface area contributed by atoms with Crippen molar-refractivity contribution in [2.24, 2.45) is 16.3 Å². The van der Waals surface area contributed by atoms with Gasteiger partial charge in [-0.1, -0.05) is 12.1 Å². The molecule has 8 nitrogen and oxygen atoms in total. The molecule has 1 fully saturated rings. The molecule has 2 aliphatic heterocycles. The third kappa shape index (κ3) is 4.89. The van der Waals surface area contributed by atoms with E-state index in [2.05, 4.69) is 10.1 Å². The van der Waals surface area contributed by atoms with Crippen molar-refractivity contribution < 1.29 is 27.5 Å². The zero-order chi connectivity index (χ0) is 24.3. The summed E-state index contributed by atoms with van der Waals surface area (Å²) in [5, 5.41) is 4.98. The normalized spacial score (nSPS) is 20.9. The number of carbonyl (C=O) groups is 2. The van der Waals surface area contributed by atoms with Gasteiger partial charge in [-0.05, 0) is 24.3 Å². The highest BCUT2D eigenvalue weighted by atomic mass is 19.3. The van der Waals surface area contributed by atoms with Gasteiger partial charge in [-0.2, -0.15) is 5.10 Å². The van der Waals surface area contributed by atoms with Gasteiger partial charge in [0.25, 0.3) is 12.3 Å². The van der Waals surface area contributed by atoms with Gasteiger partial charge < -0.3 is 15.4 Å². The summed E-state index contributed by atoms with van der Waals surface area (Å²) in [5.41, 5.74) is 5.79. The summed E-state index contributed by atoms with van der Waals surface area (Å²) in [7, 11) is 0. The van der Waals surface area contributed by atoms with Crippen molar-refractivity contribution in [1.82, 2.24) is 14.9 Å². The molecular weight excluding hydrogens is 451 g/mol. The molecule has 1 saturated heterocycles. The Kier molecular flexibility index (Phi) is 6.82. The lowest BCUT2D eigenvalue weighted by Crippen LogP contribution is -2.59. The number of hydrazone groups is 1. The fourth-order valence-corrected chi connectivity index (χ4v) is 4.29. The van der Waals surface area contributed by atoms with E-state index in [9.17, 15) is 22.8 Å². The molecule has 0 saturated carbocycles. The number of piperidine rings is 1. The van der Waals surface area contributed by atoms with E-state index in [4.69, 9.17) is 10.5 Å². The van der Waals surface area contributed by atoms with Gasteiger partial charge >= 0.3 is 0 Å². The van der Waals surface area contributed by atoms with E-state index in [0.717, 1.165) is 5.01 Å². The predicted molar refractivity (Wildman–Crippen MR) is 117 cm³/mol. The SMILES string of the molecule is N[C@H](COc1cccc(F)c1)C(=O)N1CCC2=NN(CC(F)F)C(=O)[C@]2(Cc2ccccn2)C1. The number of alkyl halides is 2. The Hall–Kier alpha value is -3.47. The average Bonchev–Trinajstić information content (AvgIpc) is 3.07. The van der Waals surface area contributed by atoms with Gasteiger partial charge in [-0.15, -0.1) is 0 Å². The molecule has 4 rings (SSSR count). The summed E-state index contributed by atoms with van der Waals surface area (Å²) in [4.78, 5) is 32.1. The van der Waals surface area contributed by atoms with E-state index >= 15 is 0 Å². The summed E-state index contributed by atoms with van der Waals surface area (Å²) in [6.07, 6.45) is -0.817. The van der Waals surface area contributed by atoms with E-state index in [1.807, 2.05) is 0 Å². The minimum atomic E-state index is -2.74. The van der Waals surface area contributed by atoms with E-state index < -0.39 is 42.1 Å². The molecule has 0 bridgehead atoms. The molecule has 2 aromatic rings. The van der Waals surface area contributed by atoms with Crippen molar-refractivity contribution in [3.63, 3.8) is 0 Å².